The Morgan fingerprint density at radius 3 is 2.65 bits per heavy atom. The van der Waals surface area contributed by atoms with E-state index >= 15 is 0 Å². The van der Waals surface area contributed by atoms with E-state index in [0.29, 0.717) is 12.3 Å². The number of carbonyl (C=O) groups is 1. The Morgan fingerprint density at radius 2 is 2.06 bits per heavy atom. The third kappa shape index (κ3) is 3.88. The van der Waals surface area contributed by atoms with Gasteiger partial charge in [0.25, 0.3) is 0 Å². The Morgan fingerprint density at radius 1 is 1.35 bits per heavy atom. The largest absolute Gasteiger partial charge is 0.359 e. The normalized spacial score (nSPS) is 12.2. The minimum Gasteiger partial charge on any atom is -0.359 e. The summed E-state index contributed by atoms with van der Waals surface area (Å²) in [4.78, 5) is 11.6. The first-order chi connectivity index (χ1) is 8.08. The molecule has 2 heteroatoms. The molecule has 1 aromatic rings. The van der Waals surface area contributed by atoms with Crippen LogP contribution in [0.25, 0.3) is 0 Å². The minimum atomic E-state index is 0.129. The molecule has 94 valence electrons. The quantitative estimate of drug-likeness (QED) is 0.830. The summed E-state index contributed by atoms with van der Waals surface area (Å²) in [5, 5.41) is 2.72. The standard InChI is InChI=1S/C15H23NO/c1-5-6-13(10-15(17)16-4)14-9-11(2)7-8-12(14)3/h7-9,13H,5-6,10H2,1-4H3,(H,16,17). The number of aryl methyl sites for hydroxylation is 2. The lowest BCUT2D eigenvalue weighted by atomic mass is 9.87. The van der Waals surface area contributed by atoms with Crippen LogP contribution in [0.5, 0.6) is 0 Å². The molecule has 1 unspecified atom stereocenters. The molecule has 1 rings (SSSR count). The zero-order chi connectivity index (χ0) is 12.8. The van der Waals surface area contributed by atoms with Crippen LogP contribution in [0.3, 0.4) is 0 Å². The molecule has 1 aromatic carbocycles. The van der Waals surface area contributed by atoms with Crippen molar-refractivity contribution in [1.82, 2.24) is 5.32 Å². The van der Waals surface area contributed by atoms with Crippen LogP contribution in [-0.2, 0) is 4.79 Å². The second-order valence-electron chi connectivity index (χ2n) is 4.72. The summed E-state index contributed by atoms with van der Waals surface area (Å²) < 4.78 is 0. The molecule has 0 heterocycles. The van der Waals surface area contributed by atoms with Crippen LogP contribution in [0.1, 0.15) is 48.8 Å². The van der Waals surface area contributed by atoms with Crippen LogP contribution in [-0.4, -0.2) is 13.0 Å². The number of amides is 1. The van der Waals surface area contributed by atoms with Crippen LogP contribution >= 0.6 is 0 Å². The van der Waals surface area contributed by atoms with Crippen LogP contribution in [0.4, 0.5) is 0 Å². The van der Waals surface area contributed by atoms with Crippen LogP contribution in [0.15, 0.2) is 18.2 Å². The molecule has 0 saturated carbocycles. The number of hydrogen-bond acceptors (Lipinski definition) is 1. The zero-order valence-electron chi connectivity index (χ0n) is 11.3. The third-order valence-corrected chi connectivity index (χ3v) is 3.22. The summed E-state index contributed by atoms with van der Waals surface area (Å²) in [7, 11) is 1.70. The number of nitrogens with one attached hydrogen (secondary N) is 1. The maximum absolute atomic E-state index is 11.6. The van der Waals surface area contributed by atoms with Gasteiger partial charge in [-0.15, -0.1) is 0 Å². The highest BCUT2D eigenvalue weighted by molar-refractivity contribution is 5.76. The van der Waals surface area contributed by atoms with Gasteiger partial charge in [0.15, 0.2) is 0 Å². The predicted molar refractivity (Wildman–Crippen MR) is 72.2 cm³/mol. The summed E-state index contributed by atoms with van der Waals surface area (Å²) in [5.74, 6) is 0.476. The van der Waals surface area contributed by atoms with E-state index in [4.69, 9.17) is 0 Å². The SMILES string of the molecule is CCCC(CC(=O)NC)c1cc(C)ccc1C. The van der Waals surface area contributed by atoms with Gasteiger partial charge in [0.1, 0.15) is 0 Å². The van der Waals surface area contributed by atoms with Crippen molar-refractivity contribution in [2.75, 3.05) is 7.05 Å². The molecule has 0 aromatic heterocycles. The van der Waals surface area contributed by atoms with Crippen molar-refractivity contribution in [2.45, 2.75) is 46.0 Å². The molecule has 0 spiro atoms. The summed E-state index contributed by atoms with van der Waals surface area (Å²) in [6, 6.07) is 6.50. The Kier molecular flexibility index (Phi) is 5.20. The van der Waals surface area contributed by atoms with E-state index in [9.17, 15) is 4.79 Å². The van der Waals surface area contributed by atoms with Gasteiger partial charge < -0.3 is 5.32 Å². The maximum atomic E-state index is 11.6. The molecule has 1 atom stereocenters. The number of rotatable bonds is 5. The molecule has 1 N–H and O–H groups in total. The lowest BCUT2D eigenvalue weighted by molar-refractivity contribution is -0.121. The average molecular weight is 233 g/mol. The van der Waals surface area contributed by atoms with Crippen molar-refractivity contribution >= 4 is 5.91 Å². The monoisotopic (exact) mass is 233 g/mol. The molecule has 0 aliphatic heterocycles. The van der Waals surface area contributed by atoms with Gasteiger partial charge in [-0.25, -0.2) is 0 Å². The average Bonchev–Trinajstić information content (AvgIpc) is 2.31. The number of hydrogen-bond donors (Lipinski definition) is 1. The van der Waals surface area contributed by atoms with Gasteiger partial charge >= 0.3 is 0 Å². The highest BCUT2D eigenvalue weighted by Crippen LogP contribution is 2.28. The molecular formula is C15H23NO. The van der Waals surface area contributed by atoms with Crippen molar-refractivity contribution < 1.29 is 4.79 Å². The fourth-order valence-electron chi connectivity index (χ4n) is 2.24. The van der Waals surface area contributed by atoms with Crippen molar-refractivity contribution in [3.05, 3.63) is 34.9 Å². The van der Waals surface area contributed by atoms with Gasteiger partial charge in [0.05, 0.1) is 0 Å². The van der Waals surface area contributed by atoms with Crippen LogP contribution in [0, 0.1) is 13.8 Å². The Balaban J connectivity index is 2.95. The molecule has 2 nitrogen and oxygen atoms in total. The number of benzene rings is 1. The minimum absolute atomic E-state index is 0.129. The lowest BCUT2D eigenvalue weighted by Crippen LogP contribution is -2.20. The smallest absolute Gasteiger partial charge is 0.220 e. The summed E-state index contributed by atoms with van der Waals surface area (Å²) in [6.07, 6.45) is 2.77. The highest BCUT2D eigenvalue weighted by atomic mass is 16.1. The Hall–Kier alpha value is -1.31. The van der Waals surface area contributed by atoms with Crippen molar-refractivity contribution in [2.24, 2.45) is 0 Å². The van der Waals surface area contributed by atoms with Crippen LogP contribution < -0.4 is 5.32 Å². The molecule has 0 fully saturated rings. The molecule has 0 bridgehead atoms. The first kappa shape index (κ1) is 13.8. The second-order valence-corrected chi connectivity index (χ2v) is 4.72. The van der Waals surface area contributed by atoms with Gasteiger partial charge in [-0.3, -0.25) is 4.79 Å². The van der Waals surface area contributed by atoms with E-state index in [1.165, 1.54) is 16.7 Å². The molecule has 0 aliphatic rings. The van der Waals surface area contributed by atoms with Crippen LogP contribution in [0.2, 0.25) is 0 Å². The molecule has 0 aliphatic carbocycles. The fourth-order valence-corrected chi connectivity index (χ4v) is 2.24. The Labute approximate surface area is 104 Å². The van der Waals surface area contributed by atoms with E-state index in [0.717, 1.165) is 12.8 Å². The maximum Gasteiger partial charge on any atom is 0.220 e. The first-order valence-electron chi connectivity index (χ1n) is 6.36. The van der Waals surface area contributed by atoms with Gasteiger partial charge in [-0.1, -0.05) is 37.1 Å². The van der Waals surface area contributed by atoms with E-state index in [-0.39, 0.29) is 5.91 Å². The summed E-state index contributed by atoms with van der Waals surface area (Å²) >= 11 is 0. The highest BCUT2D eigenvalue weighted by Gasteiger charge is 2.16. The second kappa shape index (κ2) is 6.43. The van der Waals surface area contributed by atoms with E-state index in [2.05, 4.69) is 44.3 Å². The fraction of sp³-hybridized carbons (Fsp3) is 0.533. The van der Waals surface area contributed by atoms with E-state index in [1.807, 2.05) is 0 Å². The van der Waals surface area contributed by atoms with E-state index < -0.39 is 0 Å². The van der Waals surface area contributed by atoms with Gasteiger partial charge in [0, 0.05) is 13.5 Å². The van der Waals surface area contributed by atoms with Gasteiger partial charge in [-0.2, -0.15) is 0 Å². The lowest BCUT2D eigenvalue weighted by Gasteiger charge is -2.18. The summed E-state index contributed by atoms with van der Waals surface area (Å²) in [5.41, 5.74) is 3.89. The van der Waals surface area contributed by atoms with E-state index in [1.54, 1.807) is 7.05 Å². The molecular weight excluding hydrogens is 210 g/mol. The molecule has 17 heavy (non-hydrogen) atoms. The summed E-state index contributed by atoms with van der Waals surface area (Å²) in [6.45, 7) is 6.40. The molecule has 1 amide bonds. The topological polar surface area (TPSA) is 29.1 Å². The first-order valence-corrected chi connectivity index (χ1v) is 6.36. The van der Waals surface area contributed by atoms with Crippen molar-refractivity contribution in [3.63, 3.8) is 0 Å². The van der Waals surface area contributed by atoms with Crippen molar-refractivity contribution in [3.8, 4) is 0 Å². The van der Waals surface area contributed by atoms with Gasteiger partial charge in [-0.05, 0) is 37.3 Å². The zero-order valence-corrected chi connectivity index (χ0v) is 11.3. The molecule has 0 saturated heterocycles. The Bertz CT molecular complexity index is 385. The third-order valence-electron chi connectivity index (χ3n) is 3.22. The van der Waals surface area contributed by atoms with Crippen molar-refractivity contribution in [1.29, 1.82) is 0 Å². The molecule has 0 radical (unpaired) electrons. The predicted octanol–water partition coefficient (Wildman–Crippen LogP) is 3.32. The van der Waals surface area contributed by atoms with Gasteiger partial charge in [0.2, 0.25) is 5.91 Å². The number of carbonyl (C=O) groups excluding carboxylic acids is 1.